The zero-order valence-corrected chi connectivity index (χ0v) is 16.6. The van der Waals surface area contributed by atoms with E-state index in [0.717, 1.165) is 33.4 Å². The molecule has 0 spiro atoms. The fourth-order valence-corrected chi connectivity index (χ4v) is 3.35. The Labute approximate surface area is 179 Å². The largest absolute Gasteiger partial charge is 1.00 e. The van der Waals surface area contributed by atoms with Gasteiger partial charge in [0.2, 0.25) is 16.7 Å². The van der Waals surface area contributed by atoms with Gasteiger partial charge < -0.3 is 17.5 Å². The lowest BCUT2D eigenvalue weighted by Gasteiger charge is -2.05. The molecule has 30 heavy (non-hydrogen) atoms. The summed E-state index contributed by atoms with van der Waals surface area (Å²) in [6.45, 7) is 0. The van der Waals surface area contributed by atoms with Crippen molar-refractivity contribution >= 4 is 33.4 Å². The normalized spacial score (nSPS) is 11.1. The molecule has 0 atom stereocenters. The third kappa shape index (κ3) is 3.71. The van der Waals surface area contributed by atoms with E-state index < -0.39 is 0 Å². The van der Waals surface area contributed by atoms with E-state index in [1.165, 1.54) is 0 Å². The Morgan fingerprint density at radius 2 is 1.27 bits per heavy atom. The first-order valence-corrected chi connectivity index (χ1v) is 9.29. The molecule has 4 aromatic carbocycles. The van der Waals surface area contributed by atoms with Gasteiger partial charge in [-0.25, -0.2) is 4.98 Å². The maximum Gasteiger partial charge on any atom is 0.239 e. The molecule has 1 aromatic heterocycles. The lowest BCUT2D eigenvalue weighted by molar-refractivity contribution is -0.538. The van der Waals surface area contributed by atoms with Crippen molar-refractivity contribution in [2.75, 3.05) is 0 Å². The first-order valence-electron chi connectivity index (χ1n) is 9.29. The van der Waals surface area contributed by atoms with Crippen LogP contribution in [-0.4, -0.2) is 10.1 Å². The summed E-state index contributed by atoms with van der Waals surface area (Å²) in [5.74, 6) is 0.205. The number of phenolic OH excluding ortho intramolecular Hbond substituents is 1. The van der Waals surface area contributed by atoms with Crippen LogP contribution in [0.5, 0.6) is 5.75 Å². The van der Waals surface area contributed by atoms with Crippen LogP contribution in [0.4, 0.5) is 11.4 Å². The molecule has 0 amide bonds. The van der Waals surface area contributed by atoms with Crippen LogP contribution in [0.1, 0.15) is 0 Å². The maximum atomic E-state index is 9.40. The minimum atomic E-state index is 0. The minimum absolute atomic E-state index is 0. The molecule has 0 radical (unpaired) electrons. The van der Waals surface area contributed by atoms with E-state index in [0.29, 0.717) is 5.69 Å². The van der Waals surface area contributed by atoms with Crippen LogP contribution in [-0.2, 0) is 0 Å². The molecule has 146 valence electrons. The third-order valence-electron chi connectivity index (χ3n) is 4.71. The molecule has 0 unspecified atom stereocenters. The van der Waals surface area contributed by atoms with Crippen LogP contribution in [0.15, 0.2) is 107 Å². The Kier molecular flexibility index (Phi) is 5.37. The number of rotatable bonds is 3. The van der Waals surface area contributed by atoms with Crippen molar-refractivity contribution in [2.45, 2.75) is 0 Å². The number of aromatic nitrogens is 2. The average molecular weight is 413 g/mol. The number of para-hydroxylation sites is 3. The van der Waals surface area contributed by atoms with Crippen molar-refractivity contribution in [3.8, 4) is 11.4 Å². The number of hydrogen-bond acceptors (Lipinski definition) is 4. The van der Waals surface area contributed by atoms with Crippen LogP contribution >= 0.6 is 0 Å². The molecule has 6 heteroatoms. The molecule has 0 aliphatic rings. The maximum absolute atomic E-state index is 9.40. The minimum Gasteiger partial charge on any atom is -1.00 e. The van der Waals surface area contributed by atoms with E-state index >= 15 is 0 Å². The summed E-state index contributed by atoms with van der Waals surface area (Å²) in [4.78, 5) is 4.81. The second kappa shape index (κ2) is 8.27. The molecule has 0 fully saturated rings. The lowest BCUT2D eigenvalue weighted by Crippen LogP contribution is -3.00. The van der Waals surface area contributed by atoms with Crippen molar-refractivity contribution in [3.63, 3.8) is 0 Å². The van der Waals surface area contributed by atoms with E-state index in [-0.39, 0.29) is 18.2 Å². The number of fused-ring (bicyclic) bond motifs is 2. The molecule has 1 N–H and O–H groups in total. The number of aromatic hydroxyl groups is 1. The van der Waals surface area contributed by atoms with Gasteiger partial charge in [-0.15, -0.1) is 4.57 Å². The third-order valence-corrected chi connectivity index (χ3v) is 4.71. The number of azo groups is 1. The molecular weight excluding hydrogens is 396 g/mol. The summed E-state index contributed by atoms with van der Waals surface area (Å²) < 4.78 is 2.19. The Balaban J connectivity index is 0.00000218. The van der Waals surface area contributed by atoms with Crippen LogP contribution in [0.2, 0.25) is 0 Å². The van der Waals surface area contributed by atoms with Crippen LogP contribution in [0.3, 0.4) is 0 Å². The molecule has 1 heterocycles. The molecule has 0 aliphatic heterocycles. The van der Waals surface area contributed by atoms with Gasteiger partial charge in [-0.05, 0) is 42.5 Å². The van der Waals surface area contributed by atoms with Crippen LogP contribution < -0.4 is 17.0 Å². The molecule has 0 saturated heterocycles. The number of nitrogens with zero attached hydrogens (tertiary/aromatic N) is 4. The summed E-state index contributed by atoms with van der Waals surface area (Å²) in [5.41, 5.74) is 6.26. The highest BCUT2D eigenvalue weighted by Gasteiger charge is 2.19. The quantitative estimate of drug-likeness (QED) is 0.281. The van der Waals surface area contributed by atoms with Gasteiger partial charge in [0, 0.05) is 24.3 Å². The first-order chi connectivity index (χ1) is 14.3. The topological polar surface area (TPSA) is 61.7 Å². The fraction of sp³-hybridized carbons (Fsp3) is 0. The molecule has 5 rings (SSSR count). The predicted octanol–water partition coefficient (Wildman–Crippen LogP) is 2.79. The Hall–Kier alpha value is -3.83. The van der Waals surface area contributed by atoms with E-state index in [4.69, 9.17) is 4.98 Å². The highest BCUT2D eigenvalue weighted by Crippen LogP contribution is 2.24. The monoisotopic (exact) mass is 412 g/mol. The number of halogens is 1. The summed E-state index contributed by atoms with van der Waals surface area (Å²) >= 11 is 0. The molecule has 5 nitrogen and oxygen atoms in total. The summed E-state index contributed by atoms with van der Waals surface area (Å²) in [5, 5.41) is 18.1. The van der Waals surface area contributed by atoms with Crippen molar-refractivity contribution < 1.29 is 22.1 Å². The average Bonchev–Trinajstić information content (AvgIpc) is 2.77. The number of benzene rings is 4. The van der Waals surface area contributed by atoms with Crippen molar-refractivity contribution in [1.29, 1.82) is 0 Å². The van der Waals surface area contributed by atoms with Crippen molar-refractivity contribution in [1.82, 2.24) is 4.98 Å². The van der Waals surface area contributed by atoms with Gasteiger partial charge in [0.1, 0.15) is 16.8 Å². The van der Waals surface area contributed by atoms with Gasteiger partial charge in [0.05, 0.1) is 11.4 Å². The van der Waals surface area contributed by atoms with Crippen molar-refractivity contribution in [2.24, 2.45) is 10.2 Å². The Morgan fingerprint density at radius 3 is 2.07 bits per heavy atom. The highest BCUT2D eigenvalue weighted by atomic mass is 35.5. The van der Waals surface area contributed by atoms with E-state index in [1.807, 2.05) is 54.6 Å². The fourth-order valence-electron chi connectivity index (χ4n) is 3.35. The molecule has 0 saturated carbocycles. The number of hydrogen-bond donors (Lipinski definition) is 1. The summed E-state index contributed by atoms with van der Waals surface area (Å²) in [7, 11) is 0. The van der Waals surface area contributed by atoms with Crippen LogP contribution in [0.25, 0.3) is 27.8 Å². The molecular formula is C24H17ClN4O. The molecule has 0 aliphatic carbocycles. The first kappa shape index (κ1) is 19.5. The van der Waals surface area contributed by atoms with Crippen LogP contribution in [0, 0.1) is 0 Å². The van der Waals surface area contributed by atoms with Gasteiger partial charge in [-0.3, -0.25) is 0 Å². The molecule has 5 aromatic rings. The second-order valence-corrected chi connectivity index (χ2v) is 6.66. The van der Waals surface area contributed by atoms with Gasteiger partial charge in [-0.1, -0.05) is 30.3 Å². The highest BCUT2D eigenvalue weighted by molar-refractivity contribution is 5.83. The standard InChI is InChI=1S/C24H16N4O.ClH/c29-20-13-10-17(11-14-20)26-27-18-12-15-22-24(16-18)28(19-6-2-1-3-7-19)23-9-5-4-8-21(23)25-22;/h1-16H;1H. The smallest absolute Gasteiger partial charge is 0.239 e. The predicted molar refractivity (Wildman–Crippen MR) is 113 cm³/mol. The van der Waals surface area contributed by atoms with E-state index in [1.54, 1.807) is 24.3 Å². The molecule has 0 bridgehead atoms. The summed E-state index contributed by atoms with van der Waals surface area (Å²) in [6.07, 6.45) is 0. The zero-order valence-electron chi connectivity index (χ0n) is 15.9. The van der Waals surface area contributed by atoms with E-state index in [2.05, 4.69) is 33.0 Å². The van der Waals surface area contributed by atoms with Gasteiger partial charge >= 0.3 is 0 Å². The zero-order chi connectivity index (χ0) is 19.6. The summed E-state index contributed by atoms with van der Waals surface area (Å²) in [6, 6.07) is 30.8. The second-order valence-electron chi connectivity index (χ2n) is 6.66. The van der Waals surface area contributed by atoms with E-state index in [9.17, 15) is 5.11 Å². The van der Waals surface area contributed by atoms with Crippen molar-refractivity contribution in [3.05, 3.63) is 97.1 Å². The lowest BCUT2D eigenvalue weighted by atomic mass is 10.2. The number of phenols is 1. The van der Waals surface area contributed by atoms with Gasteiger partial charge in [0.25, 0.3) is 0 Å². The van der Waals surface area contributed by atoms with Gasteiger partial charge in [0.15, 0.2) is 0 Å². The Morgan fingerprint density at radius 1 is 0.633 bits per heavy atom. The Bertz CT molecular complexity index is 1350. The van der Waals surface area contributed by atoms with Gasteiger partial charge in [-0.2, -0.15) is 10.2 Å². The SMILES string of the molecule is Oc1ccc(N=Nc2ccc3nc4ccccc4[n+](-c4ccccc4)c3c2)cc1.[Cl-].